The maximum Gasteiger partial charge on any atom is -0.00444 e. The number of rotatable bonds is 0. The highest BCUT2D eigenvalue weighted by Crippen LogP contribution is 2.63. The van der Waals surface area contributed by atoms with Gasteiger partial charge < -0.3 is 0 Å². The van der Waals surface area contributed by atoms with Crippen molar-refractivity contribution in [2.24, 2.45) is 16.2 Å². The predicted octanol–water partition coefficient (Wildman–Crippen LogP) is 5.60. The number of hydrogen-bond donors (Lipinski definition) is 0. The van der Waals surface area contributed by atoms with E-state index in [0.29, 0.717) is 5.41 Å². The van der Waals surface area contributed by atoms with E-state index in [2.05, 4.69) is 79.7 Å². The van der Waals surface area contributed by atoms with Crippen LogP contribution in [0.5, 0.6) is 0 Å². The maximum absolute atomic E-state index is 2.46. The van der Waals surface area contributed by atoms with Gasteiger partial charge in [0.2, 0.25) is 0 Å². The van der Waals surface area contributed by atoms with Crippen molar-refractivity contribution in [3.05, 3.63) is 35.4 Å². The molecule has 0 unspecified atom stereocenters. The van der Waals surface area contributed by atoms with Gasteiger partial charge >= 0.3 is 0 Å². The van der Waals surface area contributed by atoms with E-state index in [9.17, 15) is 0 Å². The quantitative estimate of drug-likeness (QED) is 0.531. The molecule has 0 N–H and O–H groups in total. The Morgan fingerprint density at radius 3 is 1.84 bits per heavy atom. The highest BCUT2D eigenvalue weighted by molar-refractivity contribution is 5.39. The van der Waals surface area contributed by atoms with Crippen LogP contribution in [0.25, 0.3) is 0 Å². The first-order valence-corrected chi connectivity index (χ1v) is 7.53. The zero-order valence-corrected chi connectivity index (χ0v) is 14.0. The van der Waals surface area contributed by atoms with E-state index < -0.39 is 0 Å². The summed E-state index contributed by atoms with van der Waals surface area (Å²) >= 11 is 0. The molecule has 2 rings (SSSR count). The van der Waals surface area contributed by atoms with Crippen molar-refractivity contribution in [3.63, 3.8) is 0 Å². The van der Waals surface area contributed by atoms with Gasteiger partial charge in [0.1, 0.15) is 0 Å². The SMILES string of the molecule is CC1(C)Cc2ccccc2C(C)(C)C(C)(C)C1(C)C. The van der Waals surface area contributed by atoms with E-state index >= 15 is 0 Å². The Kier molecular flexibility index (Phi) is 2.98. The average Bonchev–Trinajstić information content (AvgIpc) is 2.29. The monoisotopic (exact) mass is 258 g/mol. The Morgan fingerprint density at radius 2 is 1.26 bits per heavy atom. The Hall–Kier alpha value is -0.780. The maximum atomic E-state index is 2.46. The highest BCUT2D eigenvalue weighted by atomic mass is 14.6. The van der Waals surface area contributed by atoms with Crippen molar-refractivity contribution < 1.29 is 0 Å². The lowest BCUT2D eigenvalue weighted by Crippen LogP contribution is -2.52. The molecule has 0 bridgehead atoms. The fourth-order valence-corrected chi connectivity index (χ4v) is 3.95. The zero-order chi connectivity index (χ0) is 14.7. The van der Waals surface area contributed by atoms with Crippen LogP contribution >= 0.6 is 0 Å². The first-order chi connectivity index (χ1) is 8.45. The summed E-state index contributed by atoms with van der Waals surface area (Å²) in [4.78, 5) is 0. The lowest BCUT2D eigenvalue weighted by atomic mass is 9.47. The molecule has 0 atom stereocenters. The molecule has 1 aliphatic carbocycles. The first-order valence-electron chi connectivity index (χ1n) is 7.53. The van der Waals surface area contributed by atoms with Crippen LogP contribution in [0.1, 0.15) is 66.5 Å². The first kappa shape index (κ1) is 14.6. The smallest absolute Gasteiger partial charge is 0.00444 e. The third-order valence-corrected chi connectivity index (χ3v) is 7.14. The Morgan fingerprint density at radius 1 is 0.737 bits per heavy atom. The van der Waals surface area contributed by atoms with E-state index in [1.54, 1.807) is 5.56 Å². The van der Waals surface area contributed by atoms with E-state index in [0.717, 1.165) is 0 Å². The van der Waals surface area contributed by atoms with Gasteiger partial charge in [0.25, 0.3) is 0 Å². The summed E-state index contributed by atoms with van der Waals surface area (Å²) in [6, 6.07) is 9.06. The van der Waals surface area contributed by atoms with Crippen molar-refractivity contribution in [2.75, 3.05) is 0 Å². The summed E-state index contributed by atoms with van der Waals surface area (Å²) in [6.45, 7) is 19.6. The van der Waals surface area contributed by atoms with Crippen LogP contribution in [0, 0.1) is 16.2 Å². The summed E-state index contributed by atoms with van der Waals surface area (Å²) in [7, 11) is 0. The highest BCUT2D eigenvalue weighted by Gasteiger charge is 2.57. The summed E-state index contributed by atoms with van der Waals surface area (Å²) in [5.74, 6) is 0. The fourth-order valence-electron chi connectivity index (χ4n) is 3.95. The minimum Gasteiger partial charge on any atom is -0.0620 e. The van der Waals surface area contributed by atoms with Gasteiger partial charge in [0, 0.05) is 0 Å². The standard InChI is InChI=1S/C19H30/c1-16(2)13-14-11-9-10-12-15(14)17(3,4)19(7,8)18(16,5)6/h9-12H,13H2,1-8H3. The summed E-state index contributed by atoms with van der Waals surface area (Å²) in [6.07, 6.45) is 1.17. The molecule has 1 aliphatic rings. The molecule has 106 valence electrons. The van der Waals surface area contributed by atoms with Crippen LogP contribution in [0.2, 0.25) is 0 Å². The summed E-state index contributed by atoms with van der Waals surface area (Å²) < 4.78 is 0. The van der Waals surface area contributed by atoms with Gasteiger partial charge in [-0.2, -0.15) is 0 Å². The molecule has 0 aromatic heterocycles. The molecule has 0 nitrogen and oxygen atoms in total. The van der Waals surface area contributed by atoms with Crippen molar-refractivity contribution in [1.29, 1.82) is 0 Å². The molecule has 0 heteroatoms. The molecule has 0 spiro atoms. The second-order valence-corrected chi connectivity index (χ2v) is 8.59. The molecule has 0 radical (unpaired) electrons. The van der Waals surface area contributed by atoms with E-state index in [4.69, 9.17) is 0 Å². The van der Waals surface area contributed by atoms with Crippen LogP contribution in [-0.4, -0.2) is 0 Å². The van der Waals surface area contributed by atoms with Gasteiger partial charge in [-0.1, -0.05) is 79.7 Å². The molecule has 0 fully saturated rings. The molecule has 19 heavy (non-hydrogen) atoms. The molecule has 1 aromatic rings. The van der Waals surface area contributed by atoms with E-state index in [1.807, 2.05) is 0 Å². The molecule has 0 amide bonds. The summed E-state index contributed by atoms with van der Waals surface area (Å²) in [5, 5.41) is 0. The van der Waals surface area contributed by atoms with E-state index in [-0.39, 0.29) is 16.2 Å². The minimum absolute atomic E-state index is 0.181. The molecule has 0 aliphatic heterocycles. The lowest BCUT2D eigenvalue weighted by molar-refractivity contribution is -0.0552. The number of fused-ring (bicyclic) bond motifs is 1. The van der Waals surface area contributed by atoms with Crippen LogP contribution in [-0.2, 0) is 11.8 Å². The molecule has 0 heterocycles. The fraction of sp³-hybridized carbons (Fsp3) is 0.684. The molecule has 1 aromatic carbocycles. The molecular formula is C19H30. The third kappa shape index (κ3) is 1.72. The van der Waals surface area contributed by atoms with Crippen LogP contribution < -0.4 is 0 Å². The van der Waals surface area contributed by atoms with Gasteiger partial charge in [-0.3, -0.25) is 0 Å². The van der Waals surface area contributed by atoms with E-state index in [1.165, 1.54) is 12.0 Å². The van der Waals surface area contributed by atoms with Crippen LogP contribution in [0.15, 0.2) is 24.3 Å². The van der Waals surface area contributed by atoms with Crippen molar-refractivity contribution in [2.45, 2.75) is 67.2 Å². The van der Waals surface area contributed by atoms with Gasteiger partial charge in [-0.15, -0.1) is 0 Å². The third-order valence-electron chi connectivity index (χ3n) is 7.14. The van der Waals surface area contributed by atoms with Crippen LogP contribution in [0.4, 0.5) is 0 Å². The summed E-state index contributed by atoms with van der Waals surface area (Å²) in [5.41, 5.74) is 4.05. The normalized spacial score (nSPS) is 26.3. The second kappa shape index (κ2) is 3.87. The topological polar surface area (TPSA) is 0 Å². The molecule has 0 saturated carbocycles. The Labute approximate surface area is 119 Å². The largest absolute Gasteiger partial charge is 0.0620 e. The predicted molar refractivity (Wildman–Crippen MR) is 84.5 cm³/mol. The van der Waals surface area contributed by atoms with Gasteiger partial charge in [0.05, 0.1) is 0 Å². The Bertz CT molecular complexity index is 487. The van der Waals surface area contributed by atoms with Gasteiger partial charge in [0.15, 0.2) is 0 Å². The van der Waals surface area contributed by atoms with Gasteiger partial charge in [-0.25, -0.2) is 0 Å². The minimum atomic E-state index is 0.181. The Balaban J connectivity index is 2.78. The number of hydrogen-bond acceptors (Lipinski definition) is 0. The lowest BCUT2D eigenvalue weighted by Gasteiger charge is -2.57. The van der Waals surface area contributed by atoms with Crippen molar-refractivity contribution in [3.8, 4) is 0 Å². The average molecular weight is 258 g/mol. The molecular weight excluding hydrogens is 228 g/mol. The number of benzene rings is 1. The second-order valence-electron chi connectivity index (χ2n) is 8.59. The van der Waals surface area contributed by atoms with Crippen molar-refractivity contribution in [1.82, 2.24) is 0 Å². The zero-order valence-electron chi connectivity index (χ0n) is 14.0. The van der Waals surface area contributed by atoms with Crippen molar-refractivity contribution >= 4 is 0 Å². The van der Waals surface area contributed by atoms with Gasteiger partial charge in [-0.05, 0) is 39.2 Å². The molecule has 0 saturated heterocycles. The van der Waals surface area contributed by atoms with Crippen LogP contribution in [0.3, 0.4) is 0 Å².